The molecule has 0 aliphatic carbocycles. The fourth-order valence-corrected chi connectivity index (χ4v) is 5.93. The average molecular weight is 506 g/mol. The SMILES string of the molecule is CN1CCC(c2ccc(F)cc2)CC1.Clc1ccc(CN2CC[C@@H](c3ccsc3)C2)c(Cl)c1. The Labute approximate surface area is 210 Å². The molecule has 3 aromatic rings. The lowest BCUT2D eigenvalue weighted by Gasteiger charge is -2.29. The number of likely N-dealkylation sites (tertiary alicyclic amines) is 2. The molecule has 0 bridgehead atoms. The number of piperidine rings is 1. The zero-order chi connectivity index (χ0) is 23.2. The first kappa shape index (κ1) is 24.7. The van der Waals surface area contributed by atoms with E-state index in [1.54, 1.807) is 23.5 Å². The van der Waals surface area contributed by atoms with Gasteiger partial charge in [-0.25, -0.2) is 4.39 Å². The summed E-state index contributed by atoms with van der Waals surface area (Å²) >= 11 is 13.9. The minimum Gasteiger partial charge on any atom is -0.306 e. The van der Waals surface area contributed by atoms with E-state index in [1.807, 2.05) is 30.3 Å². The highest BCUT2D eigenvalue weighted by Crippen LogP contribution is 2.31. The van der Waals surface area contributed by atoms with Gasteiger partial charge >= 0.3 is 0 Å². The van der Waals surface area contributed by atoms with Gasteiger partial charge in [0.2, 0.25) is 0 Å². The Morgan fingerprint density at radius 3 is 2.30 bits per heavy atom. The smallest absolute Gasteiger partial charge is 0.123 e. The summed E-state index contributed by atoms with van der Waals surface area (Å²) in [5.41, 5.74) is 3.94. The topological polar surface area (TPSA) is 6.48 Å². The summed E-state index contributed by atoms with van der Waals surface area (Å²) in [6.45, 7) is 5.48. The highest BCUT2D eigenvalue weighted by molar-refractivity contribution is 7.08. The van der Waals surface area contributed by atoms with Crippen LogP contribution in [0.2, 0.25) is 10.0 Å². The number of rotatable bonds is 4. The van der Waals surface area contributed by atoms with E-state index < -0.39 is 0 Å². The second-order valence-electron chi connectivity index (χ2n) is 9.14. The van der Waals surface area contributed by atoms with Gasteiger partial charge in [0.25, 0.3) is 0 Å². The van der Waals surface area contributed by atoms with Crippen molar-refractivity contribution in [2.45, 2.75) is 37.6 Å². The summed E-state index contributed by atoms with van der Waals surface area (Å²) in [7, 11) is 2.15. The van der Waals surface area contributed by atoms with Crippen LogP contribution in [0.15, 0.2) is 59.3 Å². The molecule has 1 aromatic heterocycles. The first-order valence-electron chi connectivity index (χ1n) is 11.6. The Kier molecular flexibility index (Phi) is 8.84. The van der Waals surface area contributed by atoms with Gasteiger partial charge in [-0.3, -0.25) is 4.90 Å². The van der Waals surface area contributed by atoms with Gasteiger partial charge in [0.05, 0.1) is 0 Å². The van der Waals surface area contributed by atoms with Crippen molar-refractivity contribution < 1.29 is 4.39 Å². The van der Waals surface area contributed by atoms with Crippen LogP contribution in [0.25, 0.3) is 0 Å². The molecule has 0 radical (unpaired) electrons. The predicted molar refractivity (Wildman–Crippen MR) is 139 cm³/mol. The molecule has 2 aliphatic heterocycles. The molecule has 0 amide bonds. The maximum Gasteiger partial charge on any atom is 0.123 e. The molecule has 2 nitrogen and oxygen atoms in total. The molecule has 2 fully saturated rings. The highest BCUT2D eigenvalue weighted by atomic mass is 35.5. The van der Waals surface area contributed by atoms with Gasteiger partial charge in [0, 0.05) is 23.1 Å². The Morgan fingerprint density at radius 2 is 1.64 bits per heavy atom. The zero-order valence-corrected chi connectivity index (χ0v) is 21.3. The molecule has 5 rings (SSSR count). The number of thiophene rings is 1. The third-order valence-corrected chi connectivity index (χ3v) is 8.04. The fourth-order valence-electron chi connectivity index (χ4n) is 4.72. The van der Waals surface area contributed by atoms with Crippen molar-refractivity contribution in [3.05, 3.63) is 91.8 Å². The van der Waals surface area contributed by atoms with E-state index in [2.05, 4.69) is 33.7 Å². The molecule has 2 aliphatic rings. The van der Waals surface area contributed by atoms with Crippen molar-refractivity contribution in [2.75, 3.05) is 33.2 Å². The molecule has 3 heterocycles. The van der Waals surface area contributed by atoms with Gasteiger partial charge in [0.1, 0.15) is 5.82 Å². The second-order valence-corrected chi connectivity index (χ2v) is 10.8. The number of benzene rings is 2. The summed E-state index contributed by atoms with van der Waals surface area (Å²) in [5, 5.41) is 5.90. The zero-order valence-electron chi connectivity index (χ0n) is 19.0. The van der Waals surface area contributed by atoms with Gasteiger partial charge in [-0.1, -0.05) is 41.4 Å². The quantitative estimate of drug-likeness (QED) is 0.359. The largest absolute Gasteiger partial charge is 0.306 e. The van der Waals surface area contributed by atoms with Gasteiger partial charge in [-0.15, -0.1) is 0 Å². The third kappa shape index (κ3) is 7.03. The molecule has 176 valence electrons. The van der Waals surface area contributed by atoms with E-state index in [-0.39, 0.29) is 5.82 Å². The number of nitrogens with zero attached hydrogens (tertiary/aromatic N) is 2. The van der Waals surface area contributed by atoms with Crippen LogP contribution in [-0.2, 0) is 6.54 Å². The Bertz CT molecular complexity index is 1000. The molecule has 0 saturated carbocycles. The Morgan fingerprint density at radius 1 is 0.909 bits per heavy atom. The Balaban J connectivity index is 0.000000165. The normalized spacial score (nSPS) is 19.9. The van der Waals surface area contributed by atoms with E-state index in [0.29, 0.717) is 16.9 Å². The summed E-state index contributed by atoms with van der Waals surface area (Å²) in [6.07, 6.45) is 3.63. The van der Waals surface area contributed by atoms with Gasteiger partial charge in [0.15, 0.2) is 0 Å². The van der Waals surface area contributed by atoms with Crippen LogP contribution in [0.4, 0.5) is 4.39 Å². The van der Waals surface area contributed by atoms with Crippen molar-refractivity contribution in [1.82, 2.24) is 9.80 Å². The van der Waals surface area contributed by atoms with Gasteiger partial charge in [-0.2, -0.15) is 11.3 Å². The molecule has 0 unspecified atom stereocenters. The van der Waals surface area contributed by atoms with Crippen molar-refractivity contribution >= 4 is 34.5 Å². The molecule has 33 heavy (non-hydrogen) atoms. The molecule has 6 heteroatoms. The summed E-state index contributed by atoms with van der Waals surface area (Å²) in [4.78, 5) is 4.82. The monoisotopic (exact) mass is 504 g/mol. The van der Waals surface area contributed by atoms with E-state index >= 15 is 0 Å². The first-order chi connectivity index (χ1) is 16.0. The minimum atomic E-state index is -0.137. The van der Waals surface area contributed by atoms with Crippen molar-refractivity contribution in [3.8, 4) is 0 Å². The van der Waals surface area contributed by atoms with E-state index in [9.17, 15) is 4.39 Å². The maximum atomic E-state index is 12.7. The van der Waals surface area contributed by atoms with Crippen molar-refractivity contribution in [3.63, 3.8) is 0 Å². The van der Waals surface area contributed by atoms with E-state index in [0.717, 1.165) is 43.3 Å². The van der Waals surface area contributed by atoms with Crippen LogP contribution >= 0.6 is 34.5 Å². The van der Waals surface area contributed by atoms with Gasteiger partial charge < -0.3 is 4.90 Å². The molecular formula is C27H31Cl2FN2S. The Hall–Kier alpha value is -1.43. The molecular weight excluding hydrogens is 474 g/mol. The van der Waals surface area contributed by atoms with Crippen LogP contribution in [0.3, 0.4) is 0 Å². The molecule has 0 N–H and O–H groups in total. The van der Waals surface area contributed by atoms with Crippen molar-refractivity contribution in [1.29, 1.82) is 0 Å². The molecule has 1 atom stereocenters. The van der Waals surface area contributed by atoms with Crippen LogP contribution in [0.1, 0.15) is 47.8 Å². The minimum absolute atomic E-state index is 0.137. The first-order valence-corrected chi connectivity index (χ1v) is 13.3. The van der Waals surface area contributed by atoms with E-state index in [4.69, 9.17) is 23.2 Å². The molecule has 2 aromatic carbocycles. The van der Waals surface area contributed by atoms with Crippen molar-refractivity contribution in [2.24, 2.45) is 0 Å². The lowest BCUT2D eigenvalue weighted by molar-refractivity contribution is 0.255. The van der Waals surface area contributed by atoms with E-state index in [1.165, 1.54) is 30.4 Å². The number of hydrogen-bond donors (Lipinski definition) is 0. The van der Waals surface area contributed by atoms with Crippen LogP contribution < -0.4 is 0 Å². The lowest BCUT2D eigenvalue weighted by atomic mass is 9.90. The number of halogens is 3. The van der Waals surface area contributed by atoms with Gasteiger partial charge in [-0.05, 0) is 116 Å². The number of hydrogen-bond acceptors (Lipinski definition) is 3. The lowest BCUT2D eigenvalue weighted by Crippen LogP contribution is -2.29. The summed E-state index contributed by atoms with van der Waals surface area (Å²) in [6, 6.07) is 15.0. The second kappa shape index (κ2) is 11.8. The van der Waals surface area contributed by atoms with Crippen LogP contribution in [-0.4, -0.2) is 43.0 Å². The highest BCUT2D eigenvalue weighted by Gasteiger charge is 2.24. The van der Waals surface area contributed by atoms with Crippen LogP contribution in [0, 0.1) is 5.82 Å². The summed E-state index contributed by atoms with van der Waals surface area (Å²) < 4.78 is 12.7. The van der Waals surface area contributed by atoms with Crippen LogP contribution in [0.5, 0.6) is 0 Å². The fraction of sp³-hybridized carbons (Fsp3) is 0.407. The predicted octanol–water partition coefficient (Wildman–Crippen LogP) is 7.68. The summed E-state index contributed by atoms with van der Waals surface area (Å²) in [5.74, 6) is 1.17. The molecule has 0 spiro atoms. The third-order valence-electron chi connectivity index (χ3n) is 6.76. The average Bonchev–Trinajstić information content (AvgIpc) is 3.50. The molecule has 2 saturated heterocycles. The maximum absolute atomic E-state index is 12.7. The standard InChI is InChI=1S/C15H15Cl2NS.C12H16FN/c16-14-2-1-12(15(17)7-14)9-18-5-3-11(8-18)13-4-6-19-10-13;1-14-8-6-11(7-9-14)10-2-4-12(13)5-3-10/h1-2,4,6-7,10-11H,3,5,8-9H2;2-5,11H,6-9H2,1H3/t11-;/m1./s1.